The highest BCUT2D eigenvalue weighted by atomic mass is 32.1. The monoisotopic (exact) mass is 416 g/mol. The molecule has 7 nitrogen and oxygen atoms in total. The van der Waals surface area contributed by atoms with Gasteiger partial charge in [-0.3, -0.25) is 19.0 Å². The summed E-state index contributed by atoms with van der Waals surface area (Å²) < 4.78 is 1.72. The van der Waals surface area contributed by atoms with E-state index in [1.165, 1.54) is 10.6 Å². The van der Waals surface area contributed by atoms with Crippen molar-refractivity contribution >= 4 is 46.2 Å². The topological polar surface area (TPSA) is 104 Å². The van der Waals surface area contributed by atoms with E-state index >= 15 is 0 Å². The first-order valence-electron chi connectivity index (χ1n) is 9.09. The first kappa shape index (κ1) is 19.4. The third-order valence-corrected chi connectivity index (χ3v) is 5.77. The van der Waals surface area contributed by atoms with Gasteiger partial charge in [0.1, 0.15) is 15.7 Å². The highest BCUT2D eigenvalue weighted by molar-refractivity contribution is 7.07. The number of amides is 2. The molecule has 2 aromatic carbocycles. The number of anilines is 2. The molecule has 2 N–H and O–H groups in total. The van der Waals surface area contributed by atoms with Crippen LogP contribution in [-0.2, 0) is 16.1 Å². The predicted octanol–water partition coefficient (Wildman–Crippen LogP) is 1.31. The number of nitriles is 1. The Bertz CT molecular complexity index is 1390. The maximum Gasteiger partial charge on any atom is 0.270 e. The number of aryl methyl sites for hydroxylation is 1. The second-order valence-electron chi connectivity index (χ2n) is 6.72. The molecule has 1 aromatic heterocycles. The van der Waals surface area contributed by atoms with Crippen LogP contribution in [0, 0.1) is 18.3 Å². The van der Waals surface area contributed by atoms with Gasteiger partial charge < -0.3 is 10.6 Å². The molecule has 1 aliphatic heterocycles. The number of nitrogens with one attached hydrogen (secondary N) is 2. The lowest BCUT2D eigenvalue weighted by molar-refractivity contribution is -0.116. The molecule has 0 radical (unpaired) electrons. The molecule has 0 fully saturated rings. The molecule has 0 saturated heterocycles. The number of rotatable bonds is 3. The molecule has 2 amide bonds. The molecule has 4 rings (SSSR count). The summed E-state index contributed by atoms with van der Waals surface area (Å²) in [6.07, 6.45) is 1.20. The Morgan fingerprint density at radius 1 is 1.20 bits per heavy atom. The minimum absolute atomic E-state index is 0.196. The highest BCUT2D eigenvalue weighted by Gasteiger charge is 2.26. The SMILES string of the molecule is Cc1ccc(NC(=O)Cn2c(=CC#N)sc(=C3C(=O)Nc4ccccc43)c2=O)cc1. The fourth-order valence-corrected chi connectivity index (χ4v) is 4.30. The molecular weight excluding hydrogens is 400 g/mol. The van der Waals surface area contributed by atoms with Crippen molar-refractivity contribution in [2.75, 3.05) is 10.6 Å². The Kier molecular flexibility index (Phi) is 5.04. The average molecular weight is 416 g/mol. The fourth-order valence-electron chi connectivity index (χ4n) is 3.22. The summed E-state index contributed by atoms with van der Waals surface area (Å²) in [4.78, 5) is 38.1. The zero-order chi connectivity index (χ0) is 21.3. The third kappa shape index (κ3) is 3.54. The van der Waals surface area contributed by atoms with Crippen molar-refractivity contribution < 1.29 is 9.59 Å². The van der Waals surface area contributed by atoms with Crippen molar-refractivity contribution in [3.8, 4) is 6.07 Å². The summed E-state index contributed by atoms with van der Waals surface area (Å²) in [5.41, 5.74) is 2.69. The van der Waals surface area contributed by atoms with Crippen LogP contribution in [0.3, 0.4) is 0 Å². The molecular formula is C22H16N4O3S. The minimum Gasteiger partial charge on any atom is -0.325 e. The van der Waals surface area contributed by atoms with Crippen LogP contribution in [0.4, 0.5) is 11.4 Å². The van der Waals surface area contributed by atoms with Crippen molar-refractivity contribution in [3.05, 3.63) is 79.2 Å². The average Bonchev–Trinajstić information content (AvgIpc) is 3.20. The summed E-state index contributed by atoms with van der Waals surface area (Å²) in [7, 11) is 0. The molecule has 2 heterocycles. The van der Waals surface area contributed by atoms with E-state index in [4.69, 9.17) is 5.26 Å². The molecule has 30 heavy (non-hydrogen) atoms. The van der Waals surface area contributed by atoms with Gasteiger partial charge in [-0.15, -0.1) is 11.3 Å². The van der Waals surface area contributed by atoms with Gasteiger partial charge >= 0.3 is 0 Å². The van der Waals surface area contributed by atoms with Crippen molar-refractivity contribution in [1.82, 2.24) is 4.57 Å². The lowest BCUT2D eigenvalue weighted by Gasteiger charge is -2.06. The molecule has 1 aliphatic rings. The fraction of sp³-hybridized carbons (Fsp3) is 0.0909. The Labute approximate surface area is 175 Å². The number of hydrogen-bond acceptors (Lipinski definition) is 5. The summed E-state index contributed by atoms with van der Waals surface area (Å²) in [6, 6.07) is 16.3. The number of carbonyl (C=O) groups is 2. The van der Waals surface area contributed by atoms with E-state index in [0.717, 1.165) is 16.9 Å². The molecule has 0 bridgehead atoms. The van der Waals surface area contributed by atoms with Crippen LogP contribution in [0.5, 0.6) is 0 Å². The number of hydrogen-bond donors (Lipinski definition) is 2. The summed E-state index contributed by atoms with van der Waals surface area (Å²) in [5.74, 6) is -0.784. The van der Waals surface area contributed by atoms with Crippen molar-refractivity contribution in [1.29, 1.82) is 5.26 Å². The number of para-hydroxylation sites is 1. The quantitative estimate of drug-likeness (QED) is 0.672. The van der Waals surface area contributed by atoms with Crippen LogP contribution in [0.2, 0.25) is 0 Å². The number of benzene rings is 2. The lowest BCUT2D eigenvalue weighted by atomic mass is 10.1. The molecule has 0 saturated carbocycles. The Morgan fingerprint density at radius 3 is 2.67 bits per heavy atom. The third-order valence-electron chi connectivity index (χ3n) is 4.64. The smallest absolute Gasteiger partial charge is 0.270 e. The van der Waals surface area contributed by atoms with Crippen molar-refractivity contribution in [2.45, 2.75) is 13.5 Å². The molecule has 0 spiro atoms. The van der Waals surface area contributed by atoms with Gasteiger partial charge in [-0.1, -0.05) is 35.9 Å². The first-order valence-corrected chi connectivity index (χ1v) is 9.90. The predicted molar refractivity (Wildman–Crippen MR) is 115 cm³/mol. The Hall–Kier alpha value is -3.96. The summed E-state index contributed by atoms with van der Waals surface area (Å²) in [5, 5.41) is 14.6. The van der Waals surface area contributed by atoms with Crippen LogP contribution in [-0.4, -0.2) is 16.4 Å². The van der Waals surface area contributed by atoms with Gasteiger partial charge in [0.2, 0.25) is 5.91 Å². The number of carbonyl (C=O) groups excluding carboxylic acids is 2. The summed E-state index contributed by atoms with van der Waals surface area (Å²) in [6.45, 7) is 1.67. The van der Waals surface area contributed by atoms with E-state index in [0.29, 0.717) is 21.6 Å². The van der Waals surface area contributed by atoms with E-state index in [2.05, 4.69) is 10.6 Å². The maximum atomic E-state index is 13.1. The van der Waals surface area contributed by atoms with E-state index in [1.54, 1.807) is 36.4 Å². The van der Waals surface area contributed by atoms with E-state index in [-0.39, 0.29) is 22.6 Å². The number of nitrogens with zero attached hydrogens (tertiary/aromatic N) is 2. The number of fused-ring (bicyclic) bond motifs is 1. The standard InChI is InChI=1S/C22H16N4O3S/c1-13-6-8-14(9-7-13)24-17(27)12-26-18(10-11-23)30-20(22(26)29)19-15-4-2-3-5-16(15)25-21(19)28/h2-10H,12H2,1H3,(H,24,27)(H,25,28). The molecule has 0 aliphatic carbocycles. The van der Waals surface area contributed by atoms with Gasteiger partial charge in [0.15, 0.2) is 0 Å². The zero-order valence-corrected chi connectivity index (χ0v) is 16.7. The molecule has 8 heteroatoms. The minimum atomic E-state index is -0.484. The van der Waals surface area contributed by atoms with Crippen LogP contribution < -0.4 is 25.4 Å². The van der Waals surface area contributed by atoms with E-state index < -0.39 is 11.5 Å². The van der Waals surface area contributed by atoms with E-state index in [9.17, 15) is 14.4 Å². The lowest BCUT2D eigenvalue weighted by Crippen LogP contribution is -2.37. The van der Waals surface area contributed by atoms with Crippen LogP contribution in [0.15, 0.2) is 53.3 Å². The number of thiazole rings is 1. The van der Waals surface area contributed by atoms with Crippen molar-refractivity contribution in [3.63, 3.8) is 0 Å². The Morgan fingerprint density at radius 2 is 1.93 bits per heavy atom. The van der Waals surface area contributed by atoms with Crippen LogP contribution >= 0.6 is 11.3 Å². The van der Waals surface area contributed by atoms with Gasteiger partial charge in [0.05, 0.1) is 11.6 Å². The van der Waals surface area contributed by atoms with Crippen molar-refractivity contribution in [2.24, 2.45) is 0 Å². The molecule has 3 aromatic rings. The second kappa shape index (κ2) is 7.81. The zero-order valence-electron chi connectivity index (χ0n) is 15.9. The molecule has 0 unspecified atom stereocenters. The van der Waals surface area contributed by atoms with Gasteiger partial charge in [-0.2, -0.15) is 5.26 Å². The van der Waals surface area contributed by atoms with E-state index in [1.807, 2.05) is 25.1 Å². The maximum absolute atomic E-state index is 13.1. The molecule has 0 atom stereocenters. The van der Waals surface area contributed by atoms with Gasteiger partial charge in [-0.05, 0) is 25.1 Å². The second-order valence-corrected chi connectivity index (χ2v) is 7.75. The van der Waals surface area contributed by atoms with Gasteiger partial charge in [-0.25, -0.2) is 0 Å². The highest BCUT2D eigenvalue weighted by Crippen LogP contribution is 2.29. The normalized spacial score (nSPS) is 14.8. The summed E-state index contributed by atoms with van der Waals surface area (Å²) >= 11 is 1.02. The largest absolute Gasteiger partial charge is 0.325 e. The van der Waals surface area contributed by atoms with Gasteiger partial charge in [0, 0.05) is 23.0 Å². The Balaban J connectivity index is 1.78. The van der Waals surface area contributed by atoms with Crippen LogP contribution in [0.25, 0.3) is 11.6 Å². The number of aromatic nitrogens is 1. The van der Waals surface area contributed by atoms with Crippen LogP contribution in [0.1, 0.15) is 11.1 Å². The first-order chi connectivity index (χ1) is 14.5. The van der Waals surface area contributed by atoms with Gasteiger partial charge in [0.25, 0.3) is 11.5 Å². The molecule has 148 valence electrons.